The summed E-state index contributed by atoms with van der Waals surface area (Å²) in [5.41, 5.74) is 2.71. The minimum absolute atomic E-state index is 0.0814. The van der Waals surface area contributed by atoms with Crippen LogP contribution in [0.1, 0.15) is 12.5 Å². The van der Waals surface area contributed by atoms with Crippen LogP contribution in [0.4, 0.5) is 5.69 Å². The van der Waals surface area contributed by atoms with E-state index in [1.165, 1.54) is 0 Å². The second-order valence-electron chi connectivity index (χ2n) is 5.38. The van der Waals surface area contributed by atoms with Crippen LogP contribution in [0.5, 0.6) is 0 Å². The Hall–Kier alpha value is -3.32. The maximum Gasteiger partial charge on any atom is 0.266 e. The fraction of sp³-hybridized carbons (Fsp3) is 0.100. The van der Waals surface area contributed by atoms with Gasteiger partial charge in [0.15, 0.2) is 0 Å². The molecule has 118 valence electrons. The Labute approximate surface area is 140 Å². The molecule has 3 rings (SSSR count). The van der Waals surface area contributed by atoms with Crippen LogP contribution < -0.4 is 5.32 Å². The zero-order valence-corrected chi connectivity index (χ0v) is 13.4. The molecular weight excluding hydrogens is 298 g/mol. The van der Waals surface area contributed by atoms with Gasteiger partial charge < -0.3 is 9.88 Å². The number of amides is 1. The highest BCUT2D eigenvalue weighted by atomic mass is 16.1. The monoisotopic (exact) mass is 315 g/mol. The van der Waals surface area contributed by atoms with Crippen LogP contribution in [0.2, 0.25) is 0 Å². The Morgan fingerprint density at radius 2 is 1.88 bits per heavy atom. The first-order valence-electron chi connectivity index (χ1n) is 7.79. The maximum absolute atomic E-state index is 12.4. The third-order valence-electron chi connectivity index (χ3n) is 3.86. The van der Waals surface area contributed by atoms with E-state index < -0.39 is 5.91 Å². The number of carbonyl (C=O) groups is 1. The predicted octanol–water partition coefficient (Wildman–Crippen LogP) is 4.21. The lowest BCUT2D eigenvalue weighted by atomic mass is 10.1. The number of rotatable bonds is 4. The Balaban J connectivity index is 1.97. The molecule has 3 aromatic rings. The van der Waals surface area contributed by atoms with E-state index in [0.717, 1.165) is 23.0 Å². The molecule has 0 spiro atoms. The number of para-hydroxylation sites is 2. The van der Waals surface area contributed by atoms with E-state index in [-0.39, 0.29) is 5.57 Å². The number of hydrogen-bond donors (Lipinski definition) is 1. The van der Waals surface area contributed by atoms with Crippen LogP contribution in [0.3, 0.4) is 0 Å². The maximum atomic E-state index is 12.4. The molecule has 0 fully saturated rings. The fourth-order valence-corrected chi connectivity index (χ4v) is 2.68. The summed E-state index contributed by atoms with van der Waals surface area (Å²) in [6.45, 7) is 2.89. The standard InChI is InChI=1S/C20H17N3O/c1-2-23-14-16(18-10-6-7-11-19(18)23)12-15(13-21)20(24)22-17-8-4-3-5-9-17/h3-12,14H,2H2,1H3,(H,22,24)/b15-12-. The molecule has 0 saturated carbocycles. The Morgan fingerprint density at radius 1 is 1.17 bits per heavy atom. The second-order valence-corrected chi connectivity index (χ2v) is 5.38. The molecule has 4 nitrogen and oxygen atoms in total. The molecule has 1 aromatic heterocycles. The summed E-state index contributed by atoms with van der Waals surface area (Å²) in [4.78, 5) is 12.4. The van der Waals surface area contributed by atoms with E-state index in [1.54, 1.807) is 18.2 Å². The lowest BCUT2D eigenvalue weighted by Crippen LogP contribution is -2.13. The molecule has 0 aliphatic heterocycles. The molecule has 1 N–H and O–H groups in total. The summed E-state index contributed by atoms with van der Waals surface area (Å²) < 4.78 is 2.10. The number of nitriles is 1. The quantitative estimate of drug-likeness (QED) is 0.579. The Morgan fingerprint density at radius 3 is 2.58 bits per heavy atom. The molecular formula is C20H17N3O. The highest BCUT2D eigenvalue weighted by Crippen LogP contribution is 2.23. The van der Waals surface area contributed by atoms with E-state index in [2.05, 4.69) is 16.8 Å². The molecule has 1 heterocycles. The van der Waals surface area contributed by atoms with Gasteiger partial charge in [0.25, 0.3) is 5.91 Å². The van der Waals surface area contributed by atoms with E-state index in [9.17, 15) is 10.1 Å². The van der Waals surface area contributed by atoms with Crippen LogP contribution in [0.25, 0.3) is 17.0 Å². The van der Waals surface area contributed by atoms with Crippen LogP contribution >= 0.6 is 0 Å². The van der Waals surface area contributed by atoms with E-state index >= 15 is 0 Å². The van der Waals surface area contributed by atoms with Crippen molar-refractivity contribution in [1.29, 1.82) is 5.26 Å². The van der Waals surface area contributed by atoms with E-state index in [4.69, 9.17) is 0 Å². The summed E-state index contributed by atoms with van der Waals surface area (Å²) >= 11 is 0. The van der Waals surface area contributed by atoms with Crippen LogP contribution in [0, 0.1) is 11.3 Å². The first-order valence-corrected chi connectivity index (χ1v) is 7.79. The zero-order chi connectivity index (χ0) is 16.9. The molecule has 2 aromatic carbocycles. The molecule has 24 heavy (non-hydrogen) atoms. The lowest BCUT2D eigenvalue weighted by Gasteiger charge is -2.03. The average molecular weight is 315 g/mol. The van der Waals surface area contributed by atoms with Gasteiger partial charge in [0.2, 0.25) is 0 Å². The second kappa shape index (κ2) is 6.84. The molecule has 0 bridgehead atoms. The van der Waals surface area contributed by atoms with Crippen LogP contribution in [-0.4, -0.2) is 10.5 Å². The van der Waals surface area contributed by atoms with Gasteiger partial charge >= 0.3 is 0 Å². The number of nitrogens with one attached hydrogen (secondary N) is 1. The van der Waals surface area contributed by atoms with E-state index in [1.807, 2.05) is 54.7 Å². The van der Waals surface area contributed by atoms with Gasteiger partial charge in [-0.2, -0.15) is 5.26 Å². The number of aryl methyl sites for hydroxylation is 1. The van der Waals surface area contributed by atoms with Gasteiger partial charge in [0, 0.05) is 34.9 Å². The van der Waals surface area contributed by atoms with Crippen molar-refractivity contribution in [3.05, 3.63) is 71.9 Å². The van der Waals surface area contributed by atoms with Crippen molar-refractivity contribution >= 4 is 28.6 Å². The van der Waals surface area contributed by atoms with Crippen LogP contribution in [0.15, 0.2) is 66.4 Å². The van der Waals surface area contributed by atoms with Gasteiger partial charge in [-0.3, -0.25) is 4.79 Å². The molecule has 0 unspecified atom stereocenters. The van der Waals surface area contributed by atoms with Gasteiger partial charge in [0.05, 0.1) is 0 Å². The lowest BCUT2D eigenvalue weighted by molar-refractivity contribution is -0.112. The summed E-state index contributed by atoms with van der Waals surface area (Å²) in [7, 11) is 0. The number of hydrogen-bond acceptors (Lipinski definition) is 2. The summed E-state index contributed by atoms with van der Waals surface area (Å²) in [6.07, 6.45) is 3.62. The molecule has 0 atom stereocenters. The van der Waals surface area contributed by atoms with Crippen molar-refractivity contribution in [2.45, 2.75) is 13.5 Å². The SMILES string of the molecule is CCn1cc(/C=C(/C#N)C(=O)Nc2ccccc2)c2ccccc21. The smallest absolute Gasteiger partial charge is 0.266 e. The molecule has 0 aliphatic rings. The molecule has 4 heteroatoms. The van der Waals surface area contributed by atoms with Crippen molar-refractivity contribution in [3.63, 3.8) is 0 Å². The van der Waals surface area contributed by atoms with Crippen molar-refractivity contribution in [2.24, 2.45) is 0 Å². The molecule has 0 radical (unpaired) electrons. The number of benzene rings is 2. The number of aromatic nitrogens is 1. The third-order valence-corrected chi connectivity index (χ3v) is 3.86. The number of nitrogens with zero attached hydrogens (tertiary/aromatic N) is 2. The fourth-order valence-electron chi connectivity index (χ4n) is 2.68. The number of anilines is 1. The van der Waals surface area contributed by atoms with E-state index in [0.29, 0.717) is 5.69 Å². The van der Waals surface area contributed by atoms with Crippen molar-refractivity contribution in [3.8, 4) is 6.07 Å². The summed E-state index contributed by atoms with van der Waals surface area (Å²) in [6, 6.07) is 19.1. The van der Waals surface area contributed by atoms with Crippen molar-refractivity contribution in [1.82, 2.24) is 4.57 Å². The molecule has 0 saturated heterocycles. The Bertz CT molecular complexity index is 946. The van der Waals surface area contributed by atoms with Gasteiger partial charge in [-0.15, -0.1) is 0 Å². The normalized spacial score (nSPS) is 11.2. The third kappa shape index (κ3) is 3.06. The average Bonchev–Trinajstić information content (AvgIpc) is 2.98. The Kier molecular flexibility index (Phi) is 4.44. The summed E-state index contributed by atoms with van der Waals surface area (Å²) in [5.74, 6) is -0.406. The van der Waals surface area contributed by atoms with Gasteiger partial charge in [-0.05, 0) is 31.2 Å². The van der Waals surface area contributed by atoms with Crippen LogP contribution in [-0.2, 0) is 11.3 Å². The van der Waals surface area contributed by atoms with Crippen molar-refractivity contribution in [2.75, 3.05) is 5.32 Å². The predicted molar refractivity (Wildman–Crippen MR) is 96.3 cm³/mol. The summed E-state index contributed by atoms with van der Waals surface area (Å²) in [5, 5.41) is 13.2. The van der Waals surface area contributed by atoms with Gasteiger partial charge in [0.1, 0.15) is 11.6 Å². The first kappa shape index (κ1) is 15.6. The molecule has 1 amide bonds. The highest BCUT2D eigenvalue weighted by molar-refractivity contribution is 6.10. The zero-order valence-electron chi connectivity index (χ0n) is 13.4. The largest absolute Gasteiger partial charge is 0.347 e. The highest BCUT2D eigenvalue weighted by Gasteiger charge is 2.12. The minimum Gasteiger partial charge on any atom is -0.347 e. The number of carbonyl (C=O) groups excluding carboxylic acids is 1. The first-order chi connectivity index (χ1) is 11.7. The number of fused-ring (bicyclic) bond motifs is 1. The van der Waals surface area contributed by atoms with Crippen molar-refractivity contribution < 1.29 is 4.79 Å². The van der Waals surface area contributed by atoms with Gasteiger partial charge in [-0.25, -0.2) is 0 Å². The minimum atomic E-state index is -0.406. The molecule has 0 aliphatic carbocycles. The topological polar surface area (TPSA) is 57.8 Å². The van der Waals surface area contributed by atoms with Gasteiger partial charge in [-0.1, -0.05) is 36.4 Å².